The molecule has 0 aromatic heterocycles. The minimum Gasteiger partial charge on any atom is -0.458 e. The lowest BCUT2D eigenvalue weighted by atomic mass is 9.99. The lowest BCUT2D eigenvalue weighted by Crippen LogP contribution is -2.27. The van der Waals surface area contributed by atoms with Crippen LogP contribution in [0.4, 0.5) is 0 Å². The van der Waals surface area contributed by atoms with Crippen molar-refractivity contribution in [2.24, 2.45) is 0 Å². The minimum absolute atomic E-state index is 0.0325. The number of rotatable bonds is 4. The number of hydrogen-bond donors (Lipinski definition) is 0. The van der Waals surface area contributed by atoms with Crippen LogP contribution in [-0.2, 0) is 22.3 Å². The highest BCUT2D eigenvalue weighted by Crippen LogP contribution is 2.26. The van der Waals surface area contributed by atoms with Crippen LogP contribution >= 0.6 is 0 Å². The normalized spacial score (nSPS) is 21.3. The van der Waals surface area contributed by atoms with Crippen LogP contribution in [0.3, 0.4) is 0 Å². The topological polar surface area (TPSA) is 18.5 Å². The van der Waals surface area contributed by atoms with E-state index in [2.05, 4.69) is 30.8 Å². The quantitative estimate of drug-likeness (QED) is 0.839. The standard InChI is InChI=1S/C18H18O2/c1-14-19-17(12-15-8-4-2-5-9-15)18(20-14)13-16-10-6-3-7-11-16/h2-11,17-18H,1,12-13H2/t17-,18-/m1/s1. The first-order valence-electron chi connectivity index (χ1n) is 6.91. The van der Waals surface area contributed by atoms with Crippen molar-refractivity contribution in [3.63, 3.8) is 0 Å². The molecule has 2 nitrogen and oxygen atoms in total. The summed E-state index contributed by atoms with van der Waals surface area (Å²) in [5, 5.41) is 0. The van der Waals surface area contributed by atoms with Gasteiger partial charge in [0.25, 0.3) is 5.95 Å². The Morgan fingerprint density at radius 3 is 1.50 bits per heavy atom. The van der Waals surface area contributed by atoms with E-state index in [1.807, 2.05) is 36.4 Å². The Balaban J connectivity index is 1.70. The van der Waals surface area contributed by atoms with Gasteiger partial charge in [0.15, 0.2) is 0 Å². The van der Waals surface area contributed by atoms with Gasteiger partial charge in [0.1, 0.15) is 12.2 Å². The van der Waals surface area contributed by atoms with Crippen molar-refractivity contribution in [1.82, 2.24) is 0 Å². The van der Waals surface area contributed by atoms with Gasteiger partial charge in [-0.05, 0) is 17.7 Å². The fraction of sp³-hybridized carbons (Fsp3) is 0.222. The van der Waals surface area contributed by atoms with Gasteiger partial charge in [0.2, 0.25) is 0 Å². The Morgan fingerprint density at radius 1 is 0.700 bits per heavy atom. The van der Waals surface area contributed by atoms with E-state index in [4.69, 9.17) is 9.47 Å². The first kappa shape index (κ1) is 12.8. The fourth-order valence-corrected chi connectivity index (χ4v) is 2.56. The van der Waals surface area contributed by atoms with Crippen LogP contribution in [0.2, 0.25) is 0 Å². The Labute approximate surface area is 119 Å². The summed E-state index contributed by atoms with van der Waals surface area (Å²) in [6.07, 6.45) is 1.75. The summed E-state index contributed by atoms with van der Waals surface area (Å²) in [6.45, 7) is 3.79. The average molecular weight is 266 g/mol. The molecule has 0 saturated carbocycles. The van der Waals surface area contributed by atoms with E-state index in [-0.39, 0.29) is 12.2 Å². The van der Waals surface area contributed by atoms with Gasteiger partial charge in [-0.15, -0.1) is 0 Å². The number of benzene rings is 2. The average Bonchev–Trinajstić information content (AvgIpc) is 2.81. The Bertz CT molecular complexity index is 511. The van der Waals surface area contributed by atoms with Crippen molar-refractivity contribution >= 4 is 0 Å². The van der Waals surface area contributed by atoms with E-state index in [1.165, 1.54) is 11.1 Å². The molecule has 1 aliphatic rings. The molecule has 0 aliphatic carbocycles. The van der Waals surface area contributed by atoms with Gasteiger partial charge in [0.05, 0.1) is 0 Å². The third kappa shape index (κ3) is 3.02. The molecule has 20 heavy (non-hydrogen) atoms. The molecule has 3 rings (SSSR count). The molecule has 0 unspecified atom stereocenters. The highest BCUT2D eigenvalue weighted by Gasteiger charge is 2.33. The number of hydrogen-bond acceptors (Lipinski definition) is 2. The highest BCUT2D eigenvalue weighted by atomic mass is 16.7. The third-order valence-corrected chi connectivity index (χ3v) is 3.54. The molecule has 102 valence electrons. The van der Waals surface area contributed by atoms with Crippen LogP contribution in [0.15, 0.2) is 73.2 Å². The minimum atomic E-state index is 0.0325. The fourth-order valence-electron chi connectivity index (χ4n) is 2.56. The Hall–Kier alpha value is -2.22. The van der Waals surface area contributed by atoms with Crippen molar-refractivity contribution in [1.29, 1.82) is 0 Å². The summed E-state index contributed by atoms with van der Waals surface area (Å²) in [6, 6.07) is 20.7. The molecular weight excluding hydrogens is 248 g/mol. The molecule has 0 bridgehead atoms. The first-order valence-corrected chi connectivity index (χ1v) is 6.91. The summed E-state index contributed by atoms with van der Waals surface area (Å²) in [5.41, 5.74) is 2.52. The largest absolute Gasteiger partial charge is 0.458 e. The second kappa shape index (κ2) is 5.83. The van der Waals surface area contributed by atoms with Crippen LogP contribution < -0.4 is 0 Å². The van der Waals surface area contributed by atoms with Crippen molar-refractivity contribution in [2.45, 2.75) is 25.0 Å². The van der Waals surface area contributed by atoms with E-state index in [0.29, 0.717) is 5.95 Å². The maximum atomic E-state index is 5.73. The summed E-state index contributed by atoms with van der Waals surface area (Å²) < 4.78 is 11.5. The van der Waals surface area contributed by atoms with Crippen LogP contribution in [0, 0.1) is 0 Å². The molecular formula is C18H18O2. The zero-order chi connectivity index (χ0) is 13.8. The van der Waals surface area contributed by atoms with Crippen molar-refractivity contribution in [2.75, 3.05) is 0 Å². The number of ether oxygens (including phenoxy) is 2. The molecule has 2 heteroatoms. The molecule has 0 amide bonds. The van der Waals surface area contributed by atoms with Crippen molar-refractivity contribution < 1.29 is 9.47 Å². The van der Waals surface area contributed by atoms with E-state index in [1.54, 1.807) is 0 Å². The van der Waals surface area contributed by atoms with Crippen molar-refractivity contribution in [3.05, 3.63) is 84.3 Å². The molecule has 0 spiro atoms. The summed E-state index contributed by atoms with van der Waals surface area (Å²) in [4.78, 5) is 0. The molecule has 1 saturated heterocycles. The molecule has 1 heterocycles. The second-order valence-electron chi connectivity index (χ2n) is 5.06. The van der Waals surface area contributed by atoms with Gasteiger partial charge in [-0.1, -0.05) is 60.7 Å². The lowest BCUT2D eigenvalue weighted by molar-refractivity contribution is 0.142. The van der Waals surface area contributed by atoms with Crippen molar-refractivity contribution in [3.8, 4) is 0 Å². The monoisotopic (exact) mass is 266 g/mol. The first-order chi connectivity index (χ1) is 9.81. The lowest BCUT2D eigenvalue weighted by Gasteiger charge is -2.16. The van der Waals surface area contributed by atoms with Gasteiger partial charge in [-0.3, -0.25) is 0 Å². The second-order valence-corrected chi connectivity index (χ2v) is 5.06. The van der Waals surface area contributed by atoms with E-state index in [9.17, 15) is 0 Å². The van der Waals surface area contributed by atoms with E-state index >= 15 is 0 Å². The zero-order valence-electron chi connectivity index (χ0n) is 11.4. The Kier molecular flexibility index (Phi) is 3.73. The smallest absolute Gasteiger partial charge is 0.272 e. The SMILES string of the molecule is C=C1O[C@H](Cc2ccccc2)[C@@H](Cc2ccccc2)O1. The van der Waals surface area contributed by atoms with Gasteiger partial charge in [0, 0.05) is 12.8 Å². The third-order valence-electron chi connectivity index (χ3n) is 3.54. The highest BCUT2D eigenvalue weighted by molar-refractivity contribution is 5.19. The molecule has 1 aliphatic heterocycles. The van der Waals surface area contributed by atoms with Crippen LogP contribution in [0.5, 0.6) is 0 Å². The summed E-state index contributed by atoms with van der Waals surface area (Å²) in [5.74, 6) is 0.437. The molecule has 0 N–H and O–H groups in total. The molecule has 2 aromatic carbocycles. The van der Waals surface area contributed by atoms with Crippen LogP contribution in [0.1, 0.15) is 11.1 Å². The molecule has 0 radical (unpaired) electrons. The zero-order valence-corrected chi connectivity index (χ0v) is 11.4. The molecule has 2 atom stereocenters. The van der Waals surface area contributed by atoms with Gasteiger partial charge >= 0.3 is 0 Å². The summed E-state index contributed by atoms with van der Waals surface area (Å²) in [7, 11) is 0. The molecule has 2 aromatic rings. The maximum Gasteiger partial charge on any atom is 0.272 e. The predicted octanol–water partition coefficient (Wildman–Crippen LogP) is 3.73. The maximum absolute atomic E-state index is 5.73. The summed E-state index contributed by atoms with van der Waals surface area (Å²) >= 11 is 0. The predicted molar refractivity (Wildman–Crippen MR) is 79.2 cm³/mol. The Morgan fingerprint density at radius 2 is 1.10 bits per heavy atom. The van der Waals surface area contributed by atoms with Gasteiger partial charge in [-0.2, -0.15) is 0 Å². The van der Waals surface area contributed by atoms with Gasteiger partial charge in [-0.25, -0.2) is 0 Å². The van der Waals surface area contributed by atoms with Gasteiger partial charge < -0.3 is 9.47 Å². The van der Waals surface area contributed by atoms with Crippen LogP contribution in [0.25, 0.3) is 0 Å². The van der Waals surface area contributed by atoms with E-state index < -0.39 is 0 Å². The van der Waals surface area contributed by atoms with Crippen LogP contribution in [-0.4, -0.2) is 12.2 Å². The van der Waals surface area contributed by atoms with E-state index in [0.717, 1.165) is 12.8 Å². The molecule has 1 fully saturated rings.